The number of nitrogens with one attached hydrogen (secondary N) is 1. The summed E-state index contributed by atoms with van der Waals surface area (Å²) in [5.74, 6) is 1.08. The first-order valence-electron chi connectivity index (χ1n) is 7.77. The van der Waals surface area contributed by atoms with Gasteiger partial charge in [-0.3, -0.25) is 4.79 Å². The summed E-state index contributed by atoms with van der Waals surface area (Å²) < 4.78 is 11.8. The highest BCUT2D eigenvalue weighted by Crippen LogP contribution is 2.25. The molecular weight excluding hydrogens is 384 g/mol. The molecule has 0 saturated carbocycles. The molecule has 0 unspecified atom stereocenters. The molecule has 0 heterocycles. The average molecular weight is 405 g/mol. The monoisotopic (exact) mass is 404 g/mol. The van der Waals surface area contributed by atoms with Crippen LogP contribution in [0.5, 0.6) is 11.5 Å². The van der Waals surface area contributed by atoms with Crippen LogP contribution in [0.4, 0.5) is 0 Å². The lowest BCUT2D eigenvalue weighted by molar-refractivity contribution is -0.123. The van der Waals surface area contributed by atoms with Crippen LogP contribution in [0.3, 0.4) is 0 Å². The van der Waals surface area contributed by atoms with Gasteiger partial charge in [0.25, 0.3) is 5.91 Å². The number of hydrazone groups is 1. The van der Waals surface area contributed by atoms with Gasteiger partial charge < -0.3 is 9.47 Å². The Balaban J connectivity index is 1.96. The van der Waals surface area contributed by atoms with Crippen LogP contribution in [0.1, 0.15) is 22.3 Å². The number of halogens is 1. The number of carbonyl (C=O) groups excluding carboxylic acids is 1. The highest BCUT2D eigenvalue weighted by atomic mass is 79.9. The van der Waals surface area contributed by atoms with Crippen LogP contribution in [0.2, 0.25) is 0 Å². The lowest BCUT2D eigenvalue weighted by Gasteiger charge is -2.13. The first kappa shape index (κ1) is 19.0. The van der Waals surface area contributed by atoms with Crippen LogP contribution in [0.15, 0.2) is 39.9 Å². The number of hydrogen-bond donors (Lipinski definition) is 1. The Morgan fingerprint density at radius 1 is 1.20 bits per heavy atom. The van der Waals surface area contributed by atoms with E-state index in [4.69, 9.17) is 9.47 Å². The minimum Gasteiger partial charge on any atom is -0.496 e. The van der Waals surface area contributed by atoms with Gasteiger partial charge in [0, 0.05) is 10.0 Å². The van der Waals surface area contributed by atoms with Crippen LogP contribution >= 0.6 is 15.9 Å². The third-order valence-corrected chi connectivity index (χ3v) is 4.30. The fourth-order valence-corrected chi connectivity index (χ4v) is 2.68. The maximum atomic E-state index is 11.9. The van der Waals surface area contributed by atoms with E-state index < -0.39 is 0 Å². The van der Waals surface area contributed by atoms with Crippen molar-refractivity contribution in [1.29, 1.82) is 0 Å². The Kier molecular flexibility index (Phi) is 6.58. The number of hydrogen-bond acceptors (Lipinski definition) is 4. The number of methoxy groups -OCH3 is 1. The van der Waals surface area contributed by atoms with E-state index in [1.54, 1.807) is 7.11 Å². The number of benzene rings is 2. The molecule has 0 fully saturated rings. The van der Waals surface area contributed by atoms with Crippen molar-refractivity contribution in [3.05, 3.63) is 57.1 Å². The Morgan fingerprint density at radius 3 is 2.64 bits per heavy atom. The number of amides is 1. The molecule has 25 heavy (non-hydrogen) atoms. The number of carbonyl (C=O) groups is 1. The summed E-state index contributed by atoms with van der Waals surface area (Å²) in [6.07, 6.45) is 1.53. The molecule has 0 atom stereocenters. The Morgan fingerprint density at radius 2 is 1.92 bits per heavy atom. The van der Waals surface area contributed by atoms with Crippen molar-refractivity contribution in [2.75, 3.05) is 13.7 Å². The summed E-state index contributed by atoms with van der Waals surface area (Å²) in [6, 6.07) is 9.56. The molecule has 2 aromatic rings. The third-order valence-electron chi connectivity index (χ3n) is 3.81. The number of aryl methyl sites for hydroxylation is 2. The SMILES string of the molecule is COc1ccc(Br)cc1/C=N\NC(=O)COc1c(C)ccc(C)c1C. The van der Waals surface area contributed by atoms with Gasteiger partial charge in [-0.1, -0.05) is 28.1 Å². The molecule has 0 aliphatic rings. The summed E-state index contributed by atoms with van der Waals surface area (Å²) in [6.45, 7) is 5.85. The maximum Gasteiger partial charge on any atom is 0.277 e. The van der Waals surface area contributed by atoms with Crippen LogP contribution < -0.4 is 14.9 Å². The van der Waals surface area contributed by atoms with Crippen molar-refractivity contribution in [1.82, 2.24) is 5.43 Å². The van der Waals surface area contributed by atoms with Gasteiger partial charge in [0.15, 0.2) is 6.61 Å². The van der Waals surface area contributed by atoms with E-state index in [1.165, 1.54) is 6.21 Å². The Bertz CT molecular complexity index is 803. The van der Waals surface area contributed by atoms with E-state index in [-0.39, 0.29) is 12.5 Å². The molecule has 0 saturated heterocycles. The Labute approximate surface area is 156 Å². The summed E-state index contributed by atoms with van der Waals surface area (Å²) in [5, 5.41) is 3.96. The summed E-state index contributed by atoms with van der Waals surface area (Å²) in [7, 11) is 1.58. The van der Waals surface area contributed by atoms with E-state index in [1.807, 2.05) is 51.1 Å². The van der Waals surface area contributed by atoms with Crippen molar-refractivity contribution < 1.29 is 14.3 Å². The van der Waals surface area contributed by atoms with Crippen molar-refractivity contribution >= 4 is 28.1 Å². The fourth-order valence-electron chi connectivity index (χ4n) is 2.30. The lowest BCUT2D eigenvalue weighted by atomic mass is 10.1. The van der Waals surface area contributed by atoms with Crippen LogP contribution in [0, 0.1) is 20.8 Å². The van der Waals surface area contributed by atoms with Gasteiger partial charge in [0.2, 0.25) is 0 Å². The number of ether oxygens (including phenoxy) is 2. The van der Waals surface area contributed by atoms with Crippen LogP contribution in [0.25, 0.3) is 0 Å². The van der Waals surface area contributed by atoms with E-state index in [0.29, 0.717) is 5.75 Å². The quantitative estimate of drug-likeness (QED) is 0.586. The second-order valence-electron chi connectivity index (χ2n) is 5.62. The highest BCUT2D eigenvalue weighted by molar-refractivity contribution is 9.10. The molecule has 0 radical (unpaired) electrons. The largest absolute Gasteiger partial charge is 0.496 e. The third kappa shape index (κ3) is 5.06. The zero-order valence-electron chi connectivity index (χ0n) is 14.7. The molecule has 0 aromatic heterocycles. The molecule has 132 valence electrons. The molecule has 0 aliphatic carbocycles. The summed E-state index contributed by atoms with van der Waals surface area (Å²) >= 11 is 3.39. The summed E-state index contributed by atoms with van der Waals surface area (Å²) in [4.78, 5) is 11.9. The van der Waals surface area contributed by atoms with Gasteiger partial charge >= 0.3 is 0 Å². The highest BCUT2D eigenvalue weighted by Gasteiger charge is 2.09. The van der Waals surface area contributed by atoms with E-state index in [2.05, 4.69) is 26.5 Å². The minimum atomic E-state index is -0.328. The van der Waals surface area contributed by atoms with E-state index in [9.17, 15) is 4.79 Å². The van der Waals surface area contributed by atoms with Gasteiger partial charge in [-0.2, -0.15) is 5.10 Å². The predicted octanol–water partition coefficient (Wildman–Crippen LogP) is 3.91. The fraction of sp³-hybridized carbons (Fsp3) is 0.263. The van der Waals surface area contributed by atoms with Gasteiger partial charge in [-0.25, -0.2) is 5.43 Å². The first-order chi connectivity index (χ1) is 11.9. The van der Waals surface area contributed by atoms with Gasteiger partial charge in [0.1, 0.15) is 11.5 Å². The lowest BCUT2D eigenvalue weighted by Crippen LogP contribution is -2.25. The molecular formula is C19H21BrN2O3. The van der Waals surface area contributed by atoms with Gasteiger partial charge in [0.05, 0.1) is 13.3 Å². The zero-order chi connectivity index (χ0) is 18.4. The molecule has 1 N–H and O–H groups in total. The molecule has 0 aliphatic heterocycles. The molecule has 1 amide bonds. The second kappa shape index (κ2) is 8.67. The maximum absolute atomic E-state index is 11.9. The van der Waals surface area contributed by atoms with E-state index in [0.717, 1.165) is 32.5 Å². The average Bonchev–Trinajstić information content (AvgIpc) is 2.58. The molecule has 2 rings (SSSR count). The van der Waals surface area contributed by atoms with Gasteiger partial charge in [-0.05, 0) is 55.7 Å². The van der Waals surface area contributed by atoms with E-state index >= 15 is 0 Å². The first-order valence-corrected chi connectivity index (χ1v) is 8.56. The van der Waals surface area contributed by atoms with Crippen LogP contribution in [-0.4, -0.2) is 25.8 Å². The van der Waals surface area contributed by atoms with Crippen molar-refractivity contribution in [3.63, 3.8) is 0 Å². The molecule has 5 nitrogen and oxygen atoms in total. The van der Waals surface area contributed by atoms with Crippen LogP contribution in [-0.2, 0) is 4.79 Å². The second-order valence-corrected chi connectivity index (χ2v) is 6.54. The van der Waals surface area contributed by atoms with Crippen molar-refractivity contribution in [2.45, 2.75) is 20.8 Å². The van der Waals surface area contributed by atoms with Crippen molar-refractivity contribution in [3.8, 4) is 11.5 Å². The standard InChI is InChI=1S/C19H21BrN2O3/c1-12-5-6-13(2)19(14(12)3)25-11-18(23)22-21-10-15-9-16(20)7-8-17(15)24-4/h5-10H,11H2,1-4H3,(H,22,23)/b21-10-. The molecule has 2 aromatic carbocycles. The Hall–Kier alpha value is -2.34. The molecule has 6 heteroatoms. The summed E-state index contributed by atoms with van der Waals surface area (Å²) in [5.41, 5.74) is 6.37. The normalized spacial score (nSPS) is 10.8. The van der Waals surface area contributed by atoms with Gasteiger partial charge in [-0.15, -0.1) is 0 Å². The molecule has 0 bridgehead atoms. The van der Waals surface area contributed by atoms with Crippen molar-refractivity contribution in [2.24, 2.45) is 5.10 Å². The zero-order valence-corrected chi connectivity index (χ0v) is 16.3. The number of rotatable bonds is 6. The minimum absolute atomic E-state index is 0.0991. The number of nitrogens with zero attached hydrogens (tertiary/aromatic N) is 1. The predicted molar refractivity (Wildman–Crippen MR) is 103 cm³/mol. The topological polar surface area (TPSA) is 59.9 Å². The smallest absolute Gasteiger partial charge is 0.277 e. The molecule has 0 spiro atoms.